The molecule has 6 nitrogen and oxygen atoms in total. The van der Waals surface area contributed by atoms with Gasteiger partial charge in [-0.3, -0.25) is 9.78 Å². The van der Waals surface area contributed by atoms with E-state index in [0.29, 0.717) is 6.42 Å². The van der Waals surface area contributed by atoms with E-state index in [1.165, 1.54) is 17.1 Å². The second kappa shape index (κ2) is 6.87. The SMILES string of the molecule is O=C(Cn1ccnc1)N1N=C(c2ccccn2)CC1c1ccc(F)cc1. The minimum atomic E-state index is -0.311. The number of hydrogen-bond donors (Lipinski definition) is 0. The molecule has 0 fully saturated rings. The first kappa shape index (κ1) is 16.1. The number of nitrogens with zero attached hydrogens (tertiary/aromatic N) is 5. The summed E-state index contributed by atoms with van der Waals surface area (Å²) < 4.78 is 15.0. The van der Waals surface area contributed by atoms with Gasteiger partial charge in [0, 0.05) is 25.0 Å². The zero-order valence-electron chi connectivity index (χ0n) is 13.9. The van der Waals surface area contributed by atoms with Gasteiger partial charge in [-0.1, -0.05) is 18.2 Å². The summed E-state index contributed by atoms with van der Waals surface area (Å²) in [6, 6.07) is 11.5. The maximum absolute atomic E-state index is 13.3. The van der Waals surface area contributed by atoms with Crippen molar-refractivity contribution in [2.24, 2.45) is 5.10 Å². The summed E-state index contributed by atoms with van der Waals surface area (Å²) in [4.78, 5) is 21.1. The van der Waals surface area contributed by atoms with Gasteiger partial charge in [0.2, 0.25) is 0 Å². The van der Waals surface area contributed by atoms with Crippen molar-refractivity contribution in [3.05, 3.63) is 84.5 Å². The topological polar surface area (TPSA) is 63.4 Å². The van der Waals surface area contributed by atoms with E-state index in [9.17, 15) is 9.18 Å². The van der Waals surface area contributed by atoms with Crippen LogP contribution in [0.1, 0.15) is 23.7 Å². The van der Waals surface area contributed by atoms with E-state index >= 15 is 0 Å². The lowest BCUT2D eigenvalue weighted by Crippen LogP contribution is -2.30. The molecule has 0 saturated heterocycles. The van der Waals surface area contributed by atoms with Crippen molar-refractivity contribution in [3.63, 3.8) is 0 Å². The number of amides is 1. The number of imidazole rings is 1. The maximum atomic E-state index is 13.3. The molecule has 1 aliphatic heterocycles. The molecule has 1 unspecified atom stereocenters. The van der Waals surface area contributed by atoms with E-state index in [1.807, 2.05) is 18.2 Å². The fourth-order valence-corrected chi connectivity index (χ4v) is 2.98. The van der Waals surface area contributed by atoms with Crippen molar-refractivity contribution in [3.8, 4) is 0 Å². The third-order valence-electron chi connectivity index (χ3n) is 4.26. The lowest BCUT2D eigenvalue weighted by Gasteiger charge is -2.22. The zero-order chi connectivity index (χ0) is 17.9. The second-order valence-corrected chi connectivity index (χ2v) is 6.01. The van der Waals surface area contributed by atoms with Crippen molar-refractivity contribution in [2.75, 3.05) is 0 Å². The van der Waals surface area contributed by atoms with Gasteiger partial charge >= 0.3 is 0 Å². The van der Waals surface area contributed by atoms with Crippen LogP contribution in [0.25, 0.3) is 0 Å². The van der Waals surface area contributed by atoms with E-state index in [-0.39, 0.29) is 24.3 Å². The Kier molecular flexibility index (Phi) is 4.27. The van der Waals surface area contributed by atoms with Crippen LogP contribution in [0.3, 0.4) is 0 Å². The number of carbonyl (C=O) groups is 1. The first-order valence-electron chi connectivity index (χ1n) is 8.23. The van der Waals surface area contributed by atoms with Gasteiger partial charge in [-0.15, -0.1) is 0 Å². The van der Waals surface area contributed by atoms with Crippen LogP contribution in [0.2, 0.25) is 0 Å². The Hall–Kier alpha value is -3.35. The summed E-state index contributed by atoms with van der Waals surface area (Å²) in [5.41, 5.74) is 2.30. The Labute approximate surface area is 149 Å². The van der Waals surface area contributed by atoms with Crippen molar-refractivity contribution in [2.45, 2.75) is 19.0 Å². The molecule has 130 valence electrons. The Morgan fingerprint density at radius 2 is 2.00 bits per heavy atom. The number of hydrazone groups is 1. The first-order valence-corrected chi connectivity index (χ1v) is 8.23. The van der Waals surface area contributed by atoms with Gasteiger partial charge < -0.3 is 4.57 Å². The fourth-order valence-electron chi connectivity index (χ4n) is 2.98. The number of hydrogen-bond acceptors (Lipinski definition) is 4. The van der Waals surface area contributed by atoms with Gasteiger partial charge in [-0.2, -0.15) is 5.10 Å². The molecule has 0 radical (unpaired) electrons. The molecule has 1 aromatic carbocycles. The Bertz CT molecular complexity index is 922. The van der Waals surface area contributed by atoms with Gasteiger partial charge in [0.1, 0.15) is 12.4 Å². The highest BCUT2D eigenvalue weighted by atomic mass is 19.1. The van der Waals surface area contributed by atoms with Gasteiger partial charge in [0.05, 0.1) is 23.8 Å². The Morgan fingerprint density at radius 1 is 1.15 bits per heavy atom. The minimum Gasteiger partial charge on any atom is -0.328 e. The van der Waals surface area contributed by atoms with Gasteiger partial charge in [0.15, 0.2) is 0 Å². The highest BCUT2D eigenvalue weighted by Gasteiger charge is 2.33. The lowest BCUT2D eigenvalue weighted by atomic mass is 10.0. The summed E-state index contributed by atoms with van der Waals surface area (Å²) in [6.07, 6.45) is 7.16. The molecule has 1 aliphatic rings. The van der Waals surface area contributed by atoms with Gasteiger partial charge in [-0.05, 0) is 29.8 Å². The number of pyridine rings is 1. The van der Waals surface area contributed by atoms with Gasteiger partial charge in [-0.25, -0.2) is 14.4 Å². The number of rotatable bonds is 4. The third-order valence-corrected chi connectivity index (χ3v) is 4.26. The summed E-state index contributed by atoms with van der Waals surface area (Å²) >= 11 is 0. The standard InChI is InChI=1S/C19H16FN5O/c20-15-6-4-14(5-7-15)18-11-17(16-3-1-2-8-22-16)23-25(18)19(26)12-24-10-9-21-13-24/h1-10,13,18H,11-12H2. The minimum absolute atomic E-state index is 0.136. The maximum Gasteiger partial charge on any atom is 0.263 e. The van der Waals surface area contributed by atoms with Crippen LogP contribution in [0.5, 0.6) is 0 Å². The van der Waals surface area contributed by atoms with Crippen molar-refractivity contribution in [1.29, 1.82) is 0 Å². The van der Waals surface area contributed by atoms with Crippen LogP contribution < -0.4 is 0 Å². The molecule has 3 heterocycles. The van der Waals surface area contributed by atoms with Crippen LogP contribution in [-0.2, 0) is 11.3 Å². The van der Waals surface area contributed by atoms with Crippen LogP contribution in [0.15, 0.2) is 72.5 Å². The molecular formula is C19H16FN5O. The van der Waals surface area contributed by atoms with Gasteiger partial charge in [0.25, 0.3) is 5.91 Å². The number of halogens is 1. The first-order chi connectivity index (χ1) is 12.7. The second-order valence-electron chi connectivity index (χ2n) is 6.01. The number of carbonyl (C=O) groups excluding carboxylic acids is 1. The normalized spacial score (nSPS) is 16.6. The van der Waals surface area contributed by atoms with Crippen LogP contribution in [0.4, 0.5) is 4.39 Å². The molecule has 3 aromatic rings. The van der Waals surface area contributed by atoms with Crippen molar-refractivity contribution in [1.82, 2.24) is 19.5 Å². The highest BCUT2D eigenvalue weighted by Crippen LogP contribution is 2.32. The predicted molar refractivity (Wildman–Crippen MR) is 93.6 cm³/mol. The molecular weight excluding hydrogens is 333 g/mol. The zero-order valence-corrected chi connectivity index (χ0v) is 13.9. The molecule has 0 saturated carbocycles. The average molecular weight is 349 g/mol. The van der Waals surface area contributed by atoms with E-state index in [1.54, 1.807) is 41.6 Å². The summed E-state index contributed by atoms with van der Waals surface area (Å²) in [7, 11) is 0. The van der Waals surface area contributed by atoms with Crippen molar-refractivity contribution < 1.29 is 9.18 Å². The fraction of sp³-hybridized carbons (Fsp3) is 0.158. The third kappa shape index (κ3) is 3.23. The van der Waals surface area contributed by atoms with E-state index in [4.69, 9.17) is 0 Å². The lowest BCUT2D eigenvalue weighted by molar-refractivity contribution is -0.133. The van der Waals surface area contributed by atoms with E-state index in [2.05, 4.69) is 15.1 Å². The van der Waals surface area contributed by atoms with Crippen molar-refractivity contribution >= 4 is 11.6 Å². The van der Waals surface area contributed by atoms with Crippen LogP contribution in [-0.4, -0.2) is 31.2 Å². The summed E-state index contributed by atoms with van der Waals surface area (Å²) in [5, 5.41) is 6.00. The highest BCUT2D eigenvalue weighted by molar-refractivity contribution is 6.01. The molecule has 7 heteroatoms. The Morgan fingerprint density at radius 3 is 2.69 bits per heavy atom. The molecule has 1 atom stereocenters. The molecule has 2 aromatic heterocycles. The largest absolute Gasteiger partial charge is 0.328 e. The predicted octanol–water partition coefficient (Wildman–Crippen LogP) is 2.80. The monoisotopic (exact) mass is 349 g/mol. The van der Waals surface area contributed by atoms with E-state index in [0.717, 1.165) is 17.0 Å². The molecule has 26 heavy (non-hydrogen) atoms. The average Bonchev–Trinajstić information content (AvgIpc) is 3.33. The molecule has 0 spiro atoms. The Balaban J connectivity index is 1.65. The number of aromatic nitrogens is 3. The summed E-state index contributed by atoms with van der Waals surface area (Å²) in [6.45, 7) is 0.136. The van der Waals surface area contributed by atoms with Crippen LogP contribution >= 0.6 is 0 Å². The smallest absolute Gasteiger partial charge is 0.263 e. The summed E-state index contributed by atoms with van der Waals surface area (Å²) in [5.74, 6) is -0.475. The molecule has 0 aliphatic carbocycles. The van der Waals surface area contributed by atoms with E-state index < -0.39 is 0 Å². The molecule has 1 amide bonds. The number of benzene rings is 1. The molecule has 4 rings (SSSR count). The quantitative estimate of drug-likeness (QED) is 0.728. The molecule has 0 N–H and O–H groups in total. The molecule has 0 bridgehead atoms. The van der Waals surface area contributed by atoms with Crippen LogP contribution in [0, 0.1) is 5.82 Å².